The van der Waals surface area contributed by atoms with E-state index in [9.17, 15) is 4.79 Å². The third-order valence-electron chi connectivity index (χ3n) is 2.99. The molecule has 9 heteroatoms. The van der Waals surface area contributed by atoms with Gasteiger partial charge < -0.3 is 10.1 Å². The van der Waals surface area contributed by atoms with Gasteiger partial charge in [0.2, 0.25) is 11.6 Å². The zero-order chi connectivity index (χ0) is 17.1. The molecule has 0 spiro atoms. The molecule has 0 radical (unpaired) electrons. The Morgan fingerprint density at radius 3 is 2.71 bits per heavy atom. The fourth-order valence-corrected chi connectivity index (χ4v) is 2.13. The van der Waals surface area contributed by atoms with E-state index in [1.807, 2.05) is 12.1 Å². The van der Waals surface area contributed by atoms with Gasteiger partial charge in [0, 0.05) is 23.1 Å². The highest BCUT2D eigenvalue weighted by atomic mass is 35.5. The van der Waals surface area contributed by atoms with Gasteiger partial charge in [-0.2, -0.15) is 0 Å². The maximum Gasteiger partial charge on any atom is 0.414 e. The molecule has 0 unspecified atom stereocenters. The molecule has 1 aromatic carbocycles. The maximum absolute atomic E-state index is 11.7. The van der Waals surface area contributed by atoms with Crippen LogP contribution in [0.15, 0.2) is 36.7 Å². The number of anilines is 3. The van der Waals surface area contributed by atoms with E-state index in [0.29, 0.717) is 16.5 Å². The van der Waals surface area contributed by atoms with Crippen LogP contribution in [0.3, 0.4) is 0 Å². The first-order valence-corrected chi connectivity index (χ1v) is 7.60. The lowest BCUT2D eigenvalue weighted by molar-refractivity contribution is 0.129. The van der Waals surface area contributed by atoms with Gasteiger partial charge in [-0.25, -0.2) is 9.78 Å². The molecule has 0 aliphatic carbocycles. The number of ether oxygens (including phenoxy) is 1. The van der Waals surface area contributed by atoms with Crippen molar-refractivity contribution in [2.24, 2.45) is 0 Å². The van der Waals surface area contributed by atoms with Gasteiger partial charge >= 0.3 is 6.09 Å². The van der Waals surface area contributed by atoms with Crippen molar-refractivity contribution in [2.75, 3.05) is 10.6 Å². The molecule has 0 saturated carbocycles. The number of benzene rings is 1. The minimum absolute atomic E-state index is 0.229. The molecule has 2 N–H and O–H groups in total. The van der Waals surface area contributed by atoms with Gasteiger partial charge in [-0.05, 0) is 38.1 Å². The van der Waals surface area contributed by atoms with E-state index in [-0.39, 0.29) is 12.1 Å². The Balaban J connectivity index is 1.86. The molecule has 1 amide bonds. The number of nitrogens with zero attached hydrogens (tertiary/aromatic N) is 4. The molecule has 3 aromatic rings. The number of hydrogen-bond acceptors (Lipinski definition) is 6. The second-order valence-corrected chi connectivity index (χ2v) is 5.64. The van der Waals surface area contributed by atoms with Gasteiger partial charge in [0.25, 0.3) is 0 Å². The van der Waals surface area contributed by atoms with Crippen LogP contribution in [0.1, 0.15) is 13.8 Å². The first-order valence-electron chi connectivity index (χ1n) is 7.23. The van der Waals surface area contributed by atoms with Crippen molar-refractivity contribution in [3.8, 4) is 0 Å². The second-order valence-electron chi connectivity index (χ2n) is 5.20. The number of hydrogen-bond donors (Lipinski definition) is 2. The fourth-order valence-electron chi connectivity index (χ4n) is 2.00. The lowest BCUT2D eigenvalue weighted by Gasteiger charge is -2.09. The highest BCUT2D eigenvalue weighted by molar-refractivity contribution is 6.30. The minimum atomic E-state index is -0.594. The van der Waals surface area contributed by atoms with Crippen LogP contribution < -0.4 is 10.6 Å². The highest BCUT2D eigenvalue weighted by Crippen LogP contribution is 2.21. The molecule has 124 valence electrons. The molecule has 2 aromatic heterocycles. The third kappa shape index (κ3) is 3.54. The summed E-state index contributed by atoms with van der Waals surface area (Å²) in [5, 5.41) is 14.3. The lowest BCUT2D eigenvalue weighted by atomic mass is 10.3. The average Bonchev–Trinajstić information content (AvgIpc) is 2.93. The van der Waals surface area contributed by atoms with Crippen LogP contribution in [0.5, 0.6) is 0 Å². The van der Waals surface area contributed by atoms with Crippen LogP contribution in [0.25, 0.3) is 5.65 Å². The van der Waals surface area contributed by atoms with Crippen molar-refractivity contribution in [1.29, 1.82) is 0 Å². The maximum atomic E-state index is 11.7. The second kappa shape index (κ2) is 6.71. The van der Waals surface area contributed by atoms with E-state index in [4.69, 9.17) is 16.3 Å². The molecule has 0 aliphatic rings. The molecule has 0 saturated heterocycles. The summed E-state index contributed by atoms with van der Waals surface area (Å²) in [6.07, 6.45) is 2.40. The van der Waals surface area contributed by atoms with E-state index in [0.717, 1.165) is 5.69 Å². The van der Waals surface area contributed by atoms with Crippen LogP contribution in [0.2, 0.25) is 5.02 Å². The Hall–Kier alpha value is -2.87. The van der Waals surface area contributed by atoms with E-state index in [1.54, 1.807) is 42.8 Å². The van der Waals surface area contributed by atoms with Gasteiger partial charge in [0.05, 0.1) is 6.10 Å². The summed E-state index contributed by atoms with van der Waals surface area (Å²) in [4.78, 5) is 16.0. The third-order valence-corrected chi connectivity index (χ3v) is 3.24. The molecule has 2 heterocycles. The van der Waals surface area contributed by atoms with Crippen LogP contribution in [-0.4, -0.2) is 31.8 Å². The van der Waals surface area contributed by atoms with Crippen molar-refractivity contribution >= 4 is 40.8 Å². The summed E-state index contributed by atoms with van der Waals surface area (Å²) in [5.74, 6) is 0.745. The predicted molar refractivity (Wildman–Crippen MR) is 90.8 cm³/mol. The molecule has 0 bridgehead atoms. The Morgan fingerprint density at radius 2 is 2.00 bits per heavy atom. The normalized spacial score (nSPS) is 10.8. The highest BCUT2D eigenvalue weighted by Gasteiger charge is 2.14. The molecule has 8 nitrogen and oxygen atoms in total. The van der Waals surface area contributed by atoms with Gasteiger partial charge in [-0.1, -0.05) is 11.6 Å². The van der Waals surface area contributed by atoms with Crippen molar-refractivity contribution in [2.45, 2.75) is 20.0 Å². The molecular formula is C15H15ClN6O2. The summed E-state index contributed by atoms with van der Waals surface area (Å²) in [6.45, 7) is 3.53. The van der Waals surface area contributed by atoms with Gasteiger partial charge in [0.15, 0.2) is 5.82 Å². The fraction of sp³-hybridized carbons (Fsp3) is 0.200. The zero-order valence-corrected chi connectivity index (χ0v) is 13.8. The summed E-state index contributed by atoms with van der Waals surface area (Å²) in [7, 11) is 0. The SMILES string of the molecule is CC(C)OC(=O)Nc1nnc2c(Nc3ccc(Cl)cc3)nccn12. The van der Waals surface area contributed by atoms with Crippen LogP contribution in [-0.2, 0) is 4.74 Å². The number of nitrogens with one attached hydrogen (secondary N) is 2. The summed E-state index contributed by atoms with van der Waals surface area (Å²) in [6, 6.07) is 7.18. The van der Waals surface area contributed by atoms with E-state index in [2.05, 4.69) is 25.8 Å². The van der Waals surface area contributed by atoms with Crippen molar-refractivity contribution in [1.82, 2.24) is 19.6 Å². The smallest absolute Gasteiger partial charge is 0.414 e. The monoisotopic (exact) mass is 346 g/mol. The Morgan fingerprint density at radius 1 is 1.25 bits per heavy atom. The largest absolute Gasteiger partial charge is 0.447 e. The number of carbonyl (C=O) groups is 1. The molecule has 24 heavy (non-hydrogen) atoms. The Kier molecular flexibility index (Phi) is 4.48. The minimum Gasteiger partial charge on any atom is -0.447 e. The number of rotatable bonds is 4. The number of halogens is 1. The first kappa shape index (κ1) is 16.0. The molecular weight excluding hydrogens is 332 g/mol. The first-order chi connectivity index (χ1) is 11.5. The standard InChI is InChI=1S/C15H15ClN6O2/c1-9(2)24-15(23)19-14-21-20-13-12(17-7-8-22(13)14)18-11-5-3-10(16)4-6-11/h3-9H,1-2H3,(H,17,18)(H,19,21,23). The van der Waals surface area contributed by atoms with Crippen LogP contribution in [0.4, 0.5) is 22.2 Å². The quantitative estimate of drug-likeness (QED) is 0.751. The number of aromatic nitrogens is 4. The lowest BCUT2D eigenvalue weighted by Crippen LogP contribution is -2.19. The van der Waals surface area contributed by atoms with Crippen LogP contribution in [0, 0.1) is 0 Å². The number of fused-ring (bicyclic) bond motifs is 1. The average molecular weight is 347 g/mol. The number of carbonyl (C=O) groups excluding carboxylic acids is 1. The van der Waals surface area contributed by atoms with Gasteiger partial charge in [-0.3, -0.25) is 9.72 Å². The summed E-state index contributed by atoms with van der Waals surface area (Å²) < 4.78 is 6.64. The van der Waals surface area contributed by atoms with Crippen LogP contribution >= 0.6 is 11.6 Å². The molecule has 0 atom stereocenters. The van der Waals surface area contributed by atoms with E-state index >= 15 is 0 Å². The van der Waals surface area contributed by atoms with E-state index < -0.39 is 6.09 Å². The summed E-state index contributed by atoms with van der Waals surface area (Å²) >= 11 is 5.88. The Labute approximate surface area is 142 Å². The Bertz CT molecular complexity index is 862. The molecule has 3 rings (SSSR count). The van der Waals surface area contributed by atoms with Gasteiger partial charge in [0.1, 0.15) is 0 Å². The van der Waals surface area contributed by atoms with Crippen molar-refractivity contribution < 1.29 is 9.53 Å². The molecule has 0 fully saturated rings. The number of amides is 1. The predicted octanol–water partition coefficient (Wildman–Crippen LogP) is 3.48. The van der Waals surface area contributed by atoms with Crippen molar-refractivity contribution in [3.05, 3.63) is 41.7 Å². The topological polar surface area (TPSA) is 93.4 Å². The molecule has 0 aliphatic heterocycles. The van der Waals surface area contributed by atoms with Crippen molar-refractivity contribution in [3.63, 3.8) is 0 Å². The zero-order valence-electron chi connectivity index (χ0n) is 13.0. The van der Waals surface area contributed by atoms with E-state index in [1.165, 1.54) is 0 Å². The summed E-state index contributed by atoms with van der Waals surface area (Å²) in [5.41, 5.74) is 1.27. The van der Waals surface area contributed by atoms with Gasteiger partial charge in [-0.15, -0.1) is 10.2 Å².